The zero-order valence-corrected chi connectivity index (χ0v) is 16.9. The van der Waals surface area contributed by atoms with Gasteiger partial charge in [-0.15, -0.1) is 0 Å². The van der Waals surface area contributed by atoms with Crippen LogP contribution in [0.1, 0.15) is 53.5 Å². The third-order valence-electron chi connectivity index (χ3n) is 4.87. The molecule has 2 aromatic carbocycles. The number of rotatable bonds is 6. The van der Waals surface area contributed by atoms with Gasteiger partial charge in [-0.1, -0.05) is 32.0 Å². The molecule has 29 heavy (non-hydrogen) atoms. The van der Waals surface area contributed by atoms with E-state index in [0.717, 1.165) is 12.0 Å². The molecule has 6 nitrogen and oxygen atoms in total. The molecule has 0 unspecified atom stereocenters. The molecule has 152 valence electrons. The predicted molar refractivity (Wildman–Crippen MR) is 109 cm³/mol. The minimum absolute atomic E-state index is 0.293. The second-order valence-corrected chi connectivity index (χ2v) is 7.80. The molecule has 6 heteroatoms. The van der Waals surface area contributed by atoms with Crippen LogP contribution in [0.25, 0.3) is 0 Å². The lowest BCUT2D eigenvalue weighted by atomic mass is 9.89. The summed E-state index contributed by atoms with van der Waals surface area (Å²) >= 11 is 0. The average Bonchev–Trinajstić information content (AvgIpc) is 2.68. The van der Waals surface area contributed by atoms with E-state index in [0.29, 0.717) is 35.8 Å². The summed E-state index contributed by atoms with van der Waals surface area (Å²) < 4.78 is 10.7. The molecule has 1 atom stereocenters. The van der Waals surface area contributed by atoms with E-state index in [2.05, 4.69) is 19.2 Å². The summed E-state index contributed by atoms with van der Waals surface area (Å²) in [5.74, 6) is -0.868. The summed E-state index contributed by atoms with van der Waals surface area (Å²) in [5, 5.41) is 2.76. The van der Waals surface area contributed by atoms with Crippen molar-refractivity contribution in [2.24, 2.45) is 5.92 Å². The van der Waals surface area contributed by atoms with Gasteiger partial charge in [0.2, 0.25) is 0 Å². The predicted octanol–water partition coefficient (Wildman–Crippen LogP) is 4.00. The van der Waals surface area contributed by atoms with Crippen LogP contribution in [0.4, 0.5) is 5.69 Å². The first kappa shape index (κ1) is 20.6. The Labute approximate surface area is 170 Å². The van der Waals surface area contributed by atoms with Crippen LogP contribution in [-0.2, 0) is 20.7 Å². The van der Waals surface area contributed by atoms with Crippen molar-refractivity contribution in [3.63, 3.8) is 0 Å². The van der Waals surface area contributed by atoms with Gasteiger partial charge < -0.3 is 14.8 Å². The minimum Gasteiger partial charge on any atom is -0.462 e. The Kier molecular flexibility index (Phi) is 6.01. The molecule has 0 bridgehead atoms. The third-order valence-corrected chi connectivity index (χ3v) is 4.87. The number of anilines is 1. The Morgan fingerprint density at radius 2 is 1.83 bits per heavy atom. The standard InChI is InChI=1S/C23H25NO5/c1-15(2)12-13-28-20(25)16-8-10-18(11-9-16)24-22(27)23(3)14-17-6-4-5-7-19(17)21(26)29-23/h4-11,15H,12-14H2,1-3H3,(H,24,27)/t23-/m0/s1. The van der Waals surface area contributed by atoms with Gasteiger partial charge in [0.1, 0.15) is 0 Å². The Bertz CT molecular complexity index is 919. The lowest BCUT2D eigenvalue weighted by Gasteiger charge is -2.33. The molecule has 0 radical (unpaired) electrons. The number of hydrogen-bond acceptors (Lipinski definition) is 5. The molecule has 0 saturated heterocycles. The second-order valence-electron chi connectivity index (χ2n) is 7.80. The monoisotopic (exact) mass is 395 g/mol. The van der Waals surface area contributed by atoms with Gasteiger partial charge in [0.25, 0.3) is 5.91 Å². The van der Waals surface area contributed by atoms with Gasteiger partial charge in [-0.05, 0) is 55.2 Å². The number of esters is 2. The van der Waals surface area contributed by atoms with Crippen LogP contribution in [0.5, 0.6) is 0 Å². The number of ether oxygens (including phenoxy) is 2. The van der Waals surface area contributed by atoms with Crippen LogP contribution < -0.4 is 5.32 Å². The van der Waals surface area contributed by atoms with Gasteiger partial charge in [0.05, 0.1) is 17.7 Å². The second kappa shape index (κ2) is 8.47. The van der Waals surface area contributed by atoms with Crippen LogP contribution in [0, 0.1) is 5.92 Å². The quantitative estimate of drug-likeness (QED) is 0.748. The minimum atomic E-state index is -1.31. The van der Waals surface area contributed by atoms with Gasteiger partial charge in [-0.25, -0.2) is 9.59 Å². The van der Waals surface area contributed by atoms with Gasteiger partial charge in [-0.2, -0.15) is 0 Å². The van der Waals surface area contributed by atoms with Crippen LogP contribution >= 0.6 is 0 Å². The lowest BCUT2D eigenvalue weighted by Crippen LogP contribution is -2.48. The molecule has 0 aliphatic carbocycles. The van der Waals surface area contributed by atoms with E-state index >= 15 is 0 Å². The van der Waals surface area contributed by atoms with Crippen molar-refractivity contribution < 1.29 is 23.9 Å². The Balaban J connectivity index is 1.64. The zero-order valence-electron chi connectivity index (χ0n) is 16.9. The molecule has 0 fully saturated rings. The van der Waals surface area contributed by atoms with Crippen molar-refractivity contribution in [1.29, 1.82) is 0 Å². The fourth-order valence-corrected chi connectivity index (χ4v) is 3.08. The number of nitrogens with one attached hydrogen (secondary N) is 1. The van der Waals surface area contributed by atoms with Crippen LogP contribution in [0.2, 0.25) is 0 Å². The molecule has 1 heterocycles. The molecule has 1 aliphatic heterocycles. The van der Waals surface area contributed by atoms with Crippen molar-refractivity contribution in [3.05, 3.63) is 65.2 Å². The maximum Gasteiger partial charge on any atom is 0.339 e. The van der Waals surface area contributed by atoms with Gasteiger partial charge in [0.15, 0.2) is 5.60 Å². The average molecular weight is 395 g/mol. The maximum atomic E-state index is 12.8. The molecular formula is C23H25NO5. The van der Waals surface area contributed by atoms with E-state index in [-0.39, 0.29) is 0 Å². The summed E-state index contributed by atoms with van der Waals surface area (Å²) in [6.07, 6.45) is 1.10. The summed E-state index contributed by atoms with van der Waals surface area (Å²) in [5.41, 5.74) is 0.875. The molecule has 0 spiro atoms. The molecule has 3 rings (SSSR count). The van der Waals surface area contributed by atoms with E-state index in [1.807, 2.05) is 12.1 Å². The van der Waals surface area contributed by atoms with E-state index in [1.165, 1.54) is 0 Å². The highest BCUT2D eigenvalue weighted by Gasteiger charge is 2.42. The van der Waals surface area contributed by atoms with E-state index in [1.54, 1.807) is 43.3 Å². The van der Waals surface area contributed by atoms with Crippen molar-refractivity contribution in [1.82, 2.24) is 0 Å². The summed E-state index contributed by atoms with van der Waals surface area (Å²) in [6, 6.07) is 13.5. The number of carbonyl (C=O) groups is 3. The van der Waals surface area contributed by atoms with E-state index in [9.17, 15) is 14.4 Å². The number of fused-ring (bicyclic) bond motifs is 1. The molecule has 2 aromatic rings. The highest BCUT2D eigenvalue weighted by molar-refractivity contribution is 6.02. The fourth-order valence-electron chi connectivity index (χ4n) is 3.08. The van der Waals surface area contributed by atoms with Gasteiger partial charge in [-0.3, -0.25) is 4.79 Å². The smallest absolute Gasteiger partial charge is 0.339 e. The zero-order chi connectivity index (χ0) is 21.0. The van der Waals surface area contributed by atoms with E-state index < -0.39 is 23.4 Å². The number of hydrogen-bond donors (Lipinski definition) is 1. The topological polar surface area (TPSA) is 81.7 Å². The van der Waals surface area contributed by atoms with Crippen LogP contribution in [0.15, 0.2) is 48.5 Å². The molecule has 1 amide bonds. The number of carbonyl (C=O) groups excluding carboxylic acids is 3. The van der Waals surface area contributed by atoms with Crippen LogP contribution in [0.3, 0.4) is 0 Å². The summed E-state index contributed by atoms with van der Waals surface area (Å²) in [4.78, 5) is 37.1. The SMILES string of the molecule is CC(C)CCOC(=O)c1ccc(NC(=O)[C@]2(C)Cc3ccccc3C(=O)O2)cc1. The number of benzene rings is 2. The van der Waals surface area contributed by atoms with Crippen molar-refractivity contribution >= 4 is 23.5 Å². The maximum absolute atomic E-state index is 12.8. The normalized spacial score (nSPS) is 18.0. The Morgan fingerprint density at radius 3 is 2.52 bits per heavy atom. The highest BCUT2D eigenvalue weighted by Crippen LogP contribution is 2.29. The van der Waals surface area contributed by atoms with E-state index in [4.69, 9.17) is 9.47 Å². The lowest BCUT2D eigenvalue weighted by molar-refractivity contribution is -0.134. The van der Waals surface area contributed by atoms with Crippen molar-refractivity contribution in [3.8, 4) is 0 Å². The van der Waals surface area contributed by atoms with Crippen LogP contribution in [-0.4, -0.2) is 30.1 Å². The molecule has 0 saturated carbocycles. The summed E-state index contributed by atoms with van der Waals surface area (Å²) in [7, 11) is 0. The highest BCUT2D eigenvalue weighted by atomic mass is 16.6. The summed E-state index contributed by atoms with van der Waals surface area (Å²) in [6.45, 7) is 6.10. The number of cyclic esters (lactones) is 1. The fraction of sp³-hybridized carbons (Fsp3) is 0.348. The Hall–Kier alpha value is -3.15. The van der Waals surface area contributed by atoms with Gasteiger partial charge >= 0.3 is 11.9 Å². The molecule has 1 aliphatic rings. The Morgan fingerprint density at radius 1 is 1.14 bits per heavy atom. The molecule has 0 aromatic heterocycles. The number of amides is 1. The van der Waals surface area contributed by atoms with Crippen molar-refractivity contribution in [2.45, 2.75) is 39.2 Å². The van der Waals surface area contributed by atoms with Crippen molar-refractivity contribution in [2.75, 3.05) is 11.9 Å². The first-order valence-electron chi connectivity index (χ1n) is 9.68. The largest absolute Gasteiger partial charge is 0.462 e. The molecule has 1 N–H and O–H groups in total. The van der Waals surface area contributed by atoms with Gasteiger partial charge in [0, 0.05) is 12.1 Å². The first-order chi connectivity index (χ1) is 13.8. The molecular weight excluding hydrogens is 370 g/mol. The third kappa shape index (κ3) is 4.83. The first-order valence-corrected chi connectivity index (χ1v) is 9.68.